The number of hydrogen-bond donors (Lipinski definition) is 1. The molecule has 0 radical (unpaired) electrons. The van der Waals surface area contributed by atoms with Crippen LogP contribution in [0.15, 0.2) is 24.3 Å². The summed E-state index contributed by atoms with van der Waals surface area (Å²) in [4.78, 5) is 22.6. The molecule has 0 aliphatic carbocycles. The second-order valence-corrected chi connectivity index (χ2v) is 5.37. The van der Waals surface area contributed by atoms with E-state index in [0.717, 1.165) is 18.2 Å². The van der Waals surface area contributed by atoms with Crippen molar-refractivity contribution in [2.75, 3.05) is 5.33 Å². The van der Waals surface area contributed by atoms with Crippen LogP contribution >= 0.6 is 15.9 Å². The van der Waals surface area contributed by atoms with E-state index < -0.39 is 10.8 Å². The van der Waals surface area contributed by atoms with Gasteiger partial charge < -0.3 is 5.32 Å². The van der Waals surface area contributed by atoms with Gasteiger partial charge in [0.15, 0.2) is 0 Å². The molecule has 0 aliphatic rings. The minimum Gasteiger partial charge on any atom is -0.347 e. The van der Waals surface area contributed by atoms with Crippen LogP contribution in [0.5, 0.6) is 0 Å². The summed E-state index contributed by atoms with van der Waals surface area (Å²) < 4.78 is 0. The Labute approximate surface area is 120 Å². The Morgan fingerprint density at radius 2 is 2.11 bits per heavy atom. The minimum absolute atomic E-state index is 0.0988. The van der Waals surface area contributed by atoms with E-state index in [0.29, 0.717) is 0 Å². The molecule has 0 spiro atoms. The predicted molar refractivity (Wildman–Crippen MR) is 77.7 cm³/mol. The van der Waals surface area contributed by atoms with Gasteiger partial charge in [0.25, 0.3) is 11.6 Å². The highest BCUT2D eigenvalue weighted by molar-refractivity contribution is 9.09. The molecule has 1 aromatic carbocycles. The van der Waals surface area contributed by atoms with Crippen molar-refractivity contribution < 1.29 is 9.72 Å². The smallest absolute Gasteiger partial charge is 0.282 e. The third kappa shape index (κ3) is 4.02. The molecule has 1 rings (SSSR count). The van der Waals surface area contributed by atoms with E-state index in [1.807, 2.05) is 13.8 Å². The first-order valence-electron chi connectivity index (χ1n) is 6.05. The zero-order chi connectivity index (χ0) is 14.5. The zero-order valence-corrected chi connectivity index (χ0v) is 12.6. The molecule has 0 saturated heterocycles. The number of nitro groups is 1. The van der Waals surface area contributed by atoms with Crippen LogP contribution in [0.4, 0.5) is 5.69 Å². The van der Waals surface area contributed by atoms with Gasteiger partial charge in [-0.2, -0.15) is 0 Å². The lowest BCUT2D eigenvalue weighted by atomic mass is 9.95. The molecule has 0 saturated carbocycles. The maximum Gasteiger partial charge on any atom is 0.282 e. The summed E-state index contributed by atoms with van der Waals surface area (Å²) in [6.07, 6.45) is 1.51. The number of nitrogens with one attached hydrogen (secondary N) is 1. The summed E-state index contributed by atoms with van der Waals surface area (Å²) in [6.45, 7) is 3.91. The summed E-state index contributed by atoms with van der Waals surface area (Å²) in [6, 6.07) is 5.97. The van der Waals surface area contributed by atoms with Gasteiger partial charge in [0.1, 0.15) is 5.56 Å². The number of carbonyl (C=O) groups is 1. The van der Waals surface area contributed by atoms with Crippen molar-refractivity contribution in [2.45, 2.75) is 32.2 Å². The van der Waals surface area contributed by atoms with Gasteiger partial charge in [0.2, 0.25) is 0 Å². The molecular weight excluding hydrogens is 312 g/mol. The van der Waals surface area contributed by atoms with Crippen molar-refractivity contribution in [2.24, 2.45) is 0 Å². The minimum atomic E-state index is -0.539. The number of nitro benzene ring substituents is 1. The SMILES string of the molecule is CCC(C)(CCBr)NC(=O)c1ccccc1[N+](=O)[O-]. The molecule has 1 unspecified atom stereocenters. The Hall–Kier alpha value is -1.43. The first-order chi connectivity index (χ1) is 8.93. The molecule has 1 aromatic rings. The van der Waals surface area contributed by atoms with Crippen molar-refractivity contribution in [3.63, 3.8) is 0 Å². The van der Waals surface area contributed by atoms with Crippen molar-refractivity contribution in [3.05, 3.63) is 39.9 Å². The Kier molecular flexibility index (Phi) is 5.47. The van der Waals surface area contributed by atoms with Crippen LogP contribution in [0.3, 0.4) is 0 Å². The second-order valence-electron chi connectivity index (χ2n) is 4.58. The Morgan fingerprint density at radius 3 is 2.63 bits per heavy atom. The summed E-state index contributed by atoms with van der Waals surface area (Å²) in [7, 11) is 0. The highest BCUT2D eigenvalue weighted by Crippen LogP contribution is 2.21. The molecule has 0 bridgehead atoms. The van der Waals surface area contributed by atoms with E-state index in [2.05, 4.69) is 21.2 Å². The van der Waals surface area contributed by atoms with E-state index in [1.165, 1.54) is 12.1 Å². The molecule has 0 fully saturated rings. The molecule has 5 nitrogen and oxygen atoms in total. The van der Waals surface area contributed by atoms with Crippen LogP contribution in [0.1, 0.15) is 37.0 Å². The van der Waals surface area contributed by atoms with Gasteiger partial charge in [-0.15, -0.1) is 0 Å². The highest BCUT2D eigenvalue weighted by Gasteiger charge is 2.27. The third-order valence-electron chi connectivity index (χ3n) is 3.19. The molecule has 1 atom stereocenters. The molecular formula is C13H17BrN2O3. The molecule has 6 heteroatoms. The van der Waals surface area contributed by atoms with Crippen LogP contribution in [0, 0.1) is 10.1 Å². The molecule has 0 aromatic heterocycles. The number of halogens is 1. The molecule has 1 N–H and O–H groups in total. The van der Waals surface area contributed by atoms with Gasteiger partial charge in [-0.05, 0) is 25.8 Å². The third-order valence-corrected chi connectivity index (χ3v) is 3.58. The molecule has 1 amide bonds. The van der Waals surface area contributed by atoms with Crippen molar-refractivity contribution in [3.8, 4) is 0 Å². The van der Waals surface area contributed by atoms with E-state index >= 15 is 0 Å². The van der Waals surface area contributed by atoms with Crippen LogP contribution < -0.4 is 5.32 Å². The monoisotopic (exact) mass is 328 g/mol. The normalized spacial score (nSPS) is 13.6. The van der Waals surface area contributed by atoms with E-state index in [9.17, 15) is 14.9 Å². The van der Waals surface area contributed by atoms with Gasteiger partial charge in [0, 0.05) is 16.9 Å². The summed E-state index contributed by atoms with van der Waals surface area (Å²) >= 11 is 3.35. The Balaban J connectivity index is 2.98. The van der Waals surface area contributed by atoms with E-state index in [4.69, 9.17) is 0 Å². The Bertz CT molecular complexity index is 479. The zero-order valence-electron chi connectivity index (χ0n) is 11.0. The summed E-state index contributed by atoms with van der Waals surface area (Å²) in [5, 5.41) is 14.5. The van der Waals surface area contributed by atoms with Gasteiger partial charge in [-0.1, -0.05) is 35.0 Å². The number of alkyl halides is 1. The van der Waals surface area contributed by atoms with Gasteiger partial charge in [-0.3, -0.25) is 14.9 Å². The lowest BCUT2D eigenvalue weighted by Crippen LogP contribution is -2.46. The first kappa shape index (κ1) is 15.6. The second kappa shape index (κ2) is 6.65. The fraction of sp³-hybridized carbons (Fsp3) is 0.462. The van der Waals surface area contributed by atoms with Crippen molar-refractivity contribution in [1.82, 2.24) is 5.32 Å². The standard InChI is InChI=1S/C13H17BrN2O3/c1-3-13(2,8-9-14)15-12(17)10-6-4-5-7-11(10)16(18)19/h4-7H,3,8-9H2,1-2H3,(H,15,17). The lowest BCUT2D eigenvalue weighted by molar-refractivity contribution is -0.385. The van der Waals surface area contributed by atoms with Crippen molar-refractivity contribution >= 4 is 27.5 Å². The first-order valence-corrected chi connectivity index (χ1v) is 7.17. The number of carbonyl (C=O) groups excluding carboxylic acids is 1. The topological polar surface area (TPSA) is 72.2 Å². The van der Waals surface area contributed by atoms with Gasteiger partial charge in [-0.25, -0.2) is 0 Å². The summed E-state index contributed by atoms with van der Waals surface area (Å²) in [5.41, 5.74) is -0.441. The molecule has 0 heterocycles. The average molecular weight is 329 g/mol. The fourth-order valence-electron chi connectivity index (χ4n) is 1.70. The largest absolute Gasteiger partial charge is 0.347 e. The number of hydrogen-bond acceptors (Lipinski definition) is 3. The number of benzene rings is 1. The highest BCUT2D eigenvalue weighted by atomic mass is 79.9. The molecule has 19 heavy (non-hydrogen) atoms. The fourth-order valence-corrected chi connectivity index (χ4v) is 2.58. The molecule has 104 valence electrons. The van der Waals surface area contributed by atoms with Gasteiger partial charge in [0.05, 0.1) is 4.92 Å². The lowest BCUT2D eigenvalue weighted by Gasteiger charge is -2.29. The van der Waals surface area contributed by atoms with Crippen molar-refractivity contribution in [1.29, 1.82) is 0 Å². The van der Waals surface area contributed by atoms with Crippen LogP contribution in [0.25, 0.3) is 0 Å². The number of amides is 1. The Morgan fingerprint density at radius 1 is 1.47 bits per heavy atom. The quantitative estimate of drug-likeness (QED) is 0.494. The predicted octanol–water partition coefficient (Wildman–Crippen LogP) is 3.28. The average Bonchev–Trinajstić information content (AvgIpc) is 2.38. The van der Waals surface area contributed by atoms with Gasteiger partial charge >= 0.3 is 0 Å². The molecule has 0 aliphatic heterocycles. The van der Waals surface area contributed by atoms with E-state index in [-0.39, 0.29) is 16.8 Å². The van der Waals surface area contributed by atoms with E-state index in [1.54, 1.807) is 12.1 Å². The maximum absolute atomic E-state index is 12.2. The van der Waals surface area contributed by atoms with Crippen LogP contribution in [-0.2, 0) is 0 Å². The number of para-hydroxylation sites is 1. The van der Waals surface area contributed by atoms with Crippen LogP contribution in [0.2, 0.25) is 0 Å². The maximum atomic E-state index is 12.2. The number of nitrogens with zero attached hydrogens (tertiary/aromatic N) is 1. The van der Waals surface area contributed by atoms with Crippen LogP contribution in [-0.4, -0.2) is 21.7 Å². The summed E-state index contributed by atoms with van der Waals surface area (Å²) in [5.74, 6) is -0.405. The number of rotatable bonds is 6.